The second kappa shape index (κ2) is 16.9. The normalized spacial score (nSPS) is 34.9. The van der Waals surface area contributed by atoms with E-state index in [1.54, 1.807) is 7.11 Å². The second-order valence-electron chi connectivity index (χ2n) is 20.7. The van der Waals surface area contributed by atoms with Gasteiger partial charge in [0.25, 0.3) is 5.91 Å². The van der Waals surface area contributed by atoms with Crippen molar-refractivity contribution in [3.8, 4) is 5.75 Å². The van der Waals surface area contributed by atoms with Gasteiger partial charge in [0, 0.05) is 90.6 Å². The van der Waals surface area contributed by atoms with E-state index >= 15 is 4.79 Å². The van der Waals surface area contributed by atoms with Gasteiger partial charge in [-0.15, -0.1) is 0 Å². The molecular weight excluding hydrogens is 841 g/mol. The highest BCUT2D eigenvalue weighted by atomic mass is 16.5. The van der Waals surface area contributed by atoms with Gasteiger partial charge in [0.05, 0.1) is 32.5 Å². The molecule has 6 aliphatic rings. The van der Waals surface area contributed by atoms with Crippen LogP contribution in [0.2, 0.25) is 0 Å². The molecule has 5 aliphatic heterocycles. The van der Waals surface area contributed by atoms with Crippen LogP contribution in [-0.4, -0.2) is 151 Å². The Balaban J connectivity index is 1.22. The molecule has 6 heterocycles. The number of ether oxygens (including phenoxy) is 3. The molecule has 0 radical (unpaired) electrons. The summed E-state index contributed by atoms with van der Waals surface area (Å²) in [6.45, 7) is 11.1. The molecule has 15 nitrogen and oxygen atoms in total. The lowest BCUT2D eigenvalue weighted by Crippen LogP contribution is -2.81. The molecule has 358 valence electrons. The van der Waals surface area contributed by atoms with Gasteiger partial charge >= 0.3 is 11.9 Å². The highest BCUT2D eigenvalue weighted by Gasteiger charge is 2.78. The summed E-state index contributed by atoms with van der Waals surface area (Å²) in [6.07, 6.45) is 5.86. The van der Waals surface area contributed by atoms with E-state index < -0.39 is 63.5 Å². The van der Waals surface area contributed by atoms with Crippen molar-refractivity contribution >= 4 is 34.4 Å². The number of anilines is 1. The third-order valence-electron chi connectivity index (χ3n) is 17.0. The lowest BCUT2D eigenvalue weighted by atomic mass is 9.47. The maximum atomic E-state index is 15.4. The monoisotopic (exact) mass is 911 g/mol. The van der Waals surface area contributed by atoms with E-state index in [1.165, 1.54) is 7.11 Å². The van der Waals surface area contributed by atoms with Crippen molar-refractivity contribution in [1.29, 1.82) is 0 Å². The average Bonchev–Trinajstić information content (AvgIpc) is 3.98. The third kappa shape index (κ3) is 6.61. The zero-order valence-electron chi connectivity index (χ0n) is 39.7. The third-order valence-corrected chi connectivity index (χ3v) is 17.0. The molecule has 15 heteroatoms. The van der Waals surface area contributed by atoms with Crippen molar-refractivity contribution in [2.24, 2.45) is 23.0 Å². The number of para-hydroxylation sites is 1. The number of benzene rings is 2. The number of hydrogen-bond acceptors (Lipinski definition) is 13. The molecule has 3 aromatic rings. The maximum Gasteiger partial charge on any atom is 0.323 e. The van der Waals surface area contributed by atoms with E-state index in [1.807, 2.05) is 76.1 Å². The number of piperidine rings is 1. The smallest absolute Gasteiger partial charge is 0.323 e. The number of rotatable bonds is 12. The molecule has 3 fully saturated rings. The number of H-pyrrole nitrogens is 1. The highest BCUT2D eigenvalue weighted by molar-refractivity contribution is 5.95. The first-order chi connectivity index (χ1) is 31.5. The van der Waals surface area contributed by atoms with Crippen molar-refractivity contribution in [3.63, 3.8) is 0 Å². The molecule has 6 unspecified atom stereocenters. The number of carbonyl (C=O) groups excluding carboxylic acids is 3. The summed E-state index contributed by atoms with van der Waals surface area (Å²) in [5.74, 6) is -1.43. The number of nitrogens with zero attached hydrogens (tertiary/aromatic N) is 3. The zero-order chi connectivity index (χ0) is 47.1. The predicted molar refractivity (Wildman–Crippen MR) is 250 cm³/mol. The van der Waals surface area contributed by atoms with Gasteiger partial charge in [-0.3, -0.25) is 24.2 Å². The van der Waals surface area contributed by atoms with Crippen molar-refractivity contribution in [1.82, 2.24) is 20.1 Å². The second-order valence-corrected chi connectivity index (χ2v) is 20.7. The molecule has 1 saturated carbocycles. The average molecular weight is 911 g/mol. The fourth-order valence-electron chi connectivity index (χ4n) is 14.0. The molecule has 2 aromatic carbocycles. The minimum absolute atomic E-state index is 0.0249. The standard InChI is InChI=1S/C51H70N6O9/c1-8-47(62)26-31-27-50(46(61)65-7,40-33(16-21-56(28-31)29-47)32-14-10-11-15-36(32)54-40)35-24-34-37(25-38(35)64-6)55(5)43-49(34)18-22-57-20-12-17-48(9-2,42(49)57)44(59)51(43,63)45(60)53-19-13-23-66-41(58)39(52)30(3)4/h10-12,14-15,17,24-25,30-31,39,42-44,54,59,62-63H,8-9,13,16,18-23,26-29,52H2,1-7H3,(H,53,60)/t31?,39?,42?,43-,44+,47?,48+,49?,50-,51-/m0/s1. The van der Waals surface area contributed by atoms with Gasteiger partial charge in [-0.05, 0) is 86.6 Å². The van der Waals surface area contributed by atoms with Crippen LogP contribution in [0.15, 0.2) is 48.6 Å². The van der Waals surface area contributed by atoms with Crippen molar-refractivity contribution in [2.45, 2.75) is 119 Å². The Hall–Kier alpha value is -4.51. The number of esters is 2. The summed E-state index contributed by atoms with van der Waals surface area (Å²) < 4.78 is 17.8. The number of carbonyl (C=O) groups is 3. The van der Waals surface area contributed by atoms with Crippen LogP contribution in [0.25, 0.3) is 10.9 Å². The Morgan fingerprint density at radius 2 is 1.80 bits per heavy atom. The van der Waals surface area contributed by atoms with E-state index in [0.29, 0.717) is 82.6 Å². The fraction of sp³-hybridized carbons (Fsp3) is 0.627. The number of methoxy groups -OCH3 is 2. The fourth-order valence-corrected chi connectivity index (χ4v) is 14.0. The lowest BCUT2D eigenvalue weighted by molar-refractivity contribution is -0.203. The molecule has 1 aliphatic carbocycles. The maximum absolute atomic E-state index is 15.4. The first-order valence-corrected chi connectivity index (χ1v) is 24.1. The van der Waals surface area contributed by atoms with Gasteiger partial charge in [0.1, 0.15) is 23.3 Å². The van der Waals surface area contributed by atoms with Crippen molar-refractivity contribution in [3.05, 3.63) is 70.9 Å². The molecule has 1 amide bonds. The molecule has 2 saturated heterocycles. The summed E-state index contributed by atoms with van der Waals surface area (Å²) in [4.78, 5) is 53.3. The number of likely N-dealkylation sites (N-methyl/N-ethyl adjacent to an activating group) is 1. The lowest BCUT2D eigenvalue weighted by Gasteiger charge is -2.63. The number of nitrogens with two attached hydrogens (primary N) is 1. The Bertz CT molecular complexity index is 2420. The van der Waals surface area contributed by atoms with E-state index in [4.69, 9.17) is 19.9 Å². The number of amides is 1. The number of nitrogens with one attached hydrogen (secondary N) is 2. The van der Waals surface area contributed by atoms with Gasteiger partial charge in [-0.1, -0.05) is 58.0 Å². The molecule has 9 rings (SSSR count). The highest BCUT2D eigenvalue weighted by Crippen LogP contribution is 2.67. The molecule has 66 heavy (non-hydrogen) atoms. The van der Waals surface area contributed by atoms with Crippen molar-refractivity contribution < 1.29 is 43.9 Å². The summed E-state index contributed by atoms with van der Waals surface area (Å²) >= 11 is 0. The van der Waals surface area contributed by atoms with Crippen LogP contribution < -0.4 is 20.7 Å². The molecule has 2 bridgehead atoms. The Morgan fingerprint density at radius 3 is 2.52 bits per heavy atom. The van der Waals surface area contributed by atoms with Crippen LogP contribution >= 0.6 is 0 Å². The molecule has 1 aromatic heterocycles. The predicted octanol–water partition coefficient (Wildman–Crippen LogP) is 3.28. The van der Waals surface area contributed by atoms with Gasteiger partial charge in [0.15, 0.2) is 5.60 Å². The SMILES string of the molecule is CCC1(O)CC2CN(CCc3c([nH]c4ccccc34)[C@@](C(=O)OC)(c3cc4c(cc3OC)N(C)[C@H]3C45CCN4CC=C[C@](CC)(C45)[C@@H](O)[C@]3(O)C(=O)NCCCOC(=O)C(N)C(C)C)C2)C1. The van der Waals surface area contributed by atoms with E-state index in [9.17, 15) is 24.9 Å². The number of fused-ring (bicyclic) bond motifs is 6. The minimum Gasteiger partial charge on any atom is -0.496 e. The number of hydrogen-bond donors (Lipinski definition) is 6. The van der Waals surface area contributed by atoms with Crippen LogP contribution in [-0.2, 0) is 41.1 Å². The Kier molecular flexibility index (Phi) is 11.9. The van der Waals surface area contributed by atoms with E-state index in [0.717, 1.165) is 33.4 Å². The molecular formula is C51H70N6O9. The number of aromatic nitrogens is 1. The molecule has 11 atom stereocenters. The Morgan fingerprint density at radius 1 is 1.03 bits per heavy atom. The van der Waals surface area contributed by atoms with Gasteiger partial charge in [-0.2, -0.15) is 0 Å². The Labute approximate surface area is 388 Å². The number of aromatic amines is 1. The first kappa shape index (κ1) is 46.6. The van der Waals surface area contributed by atoms with Crippen LogP contribution in [0.4, 0.5) is 5.69 Å². The van der Waals surface area contributed by atoms with Gasteiger partial charge in [0.2, 0.25) is 0 Å². The molecule has 7 N–H and O–H groups in total. The first-order valence-electron chi connectivity index (χ1n) is 24.1. The summed E-state index contributed by atoms with van der Waals surface area (Å²) in [5.41, 5.74) is 4.19. The topological polar surface area (TPSA) is 203 Å². The van der Waals surface area contributed by atoms with Crippen LogP contribution in [0.1, 0.15) is 88.6 Å². The number of aliphatic hydroxyl groups is 3. The largest absolute Gasteiger partial charge is 0.496 e. The van der Waals surface area contributed by atoms with Crippen LogP contribution in [0.5, 0.6) is 5.75 Å². The number of aliphatic hydroxyl groups excluding tert-OH is 1. The van der Waals surface area contributed by atoms with E-state index in [-0.39, 0.29) is 37.5 Å². The van der Waals surface area contributed by atoms with Crippen molar-refractivity contribution in [2.75, 3.05) is 72.0 Å². The van der Waals surface area contributed by atoms with Crippen LogP contribution in [0, 0.1) is 17.3 Å². The van der Waals surface area contributed by atoms with E-state index in [2.05, 4.69) is 32.2 Å². The van der Waals surface area contributed by atoms with Gasteiger partial charge < -0.3 is 50.5 Å². The summed E-state index contributed by atoms with van der Waals surface area (Å²) in [5, 5.41) is 42.3. The summed E-state index contributed by atoms with van der Waals surface area (Å²) in [6, 6.07) is 10.2. The minimum atomic E-state index is -2.33. The quantitative estimate of drug-likeness (QED) is 0.0880. The molecule has 1 spiro atoms. The van der Waals surface area contributed by atoms with Gasteiger partial charge in [-0.25, -0.2) is 0 Å². The zero-order valence-corrected chi connectivity index (χ0v) is 39.7. The summed E-state index contributed by atoms with van der Waals surface area (Å²) in [7, 11) is 4.90. The van der Waals surface area contributed by atoms with Crippen LogP contribution in [0.3, 0.4) is 0 Å².